The van der Waals surface area contributed by atoms with Crippen molar-refractivity contribution in [3.63, 3.8) is 0 Å². The van der Waals surface area contributed by atoms with Gasteiger partial charge in [-0.1, -0.05) is 49.4 Å². The minimum absolute atomic E-state index is 0.112. The summed E-state index contributed by atoms with van der Waals surface area (Å²) < 4.78 is 62.6. The molecule has 4 aromatic rings. The van der Waals surface area contributed by atoms with Crippen LogP contribution < -0.4 is 5.32 Å². The van der Waals surface area contributed by atoms with E-state index in [0.29, 0.717) is 28.6 Å². The summed E-state index contributed by atoms with van der Waals surface area (Å²) in [5.74, 6) is -5.35. The zero-order chi connectivity index (χ0) is 31.5. The number of carbonyl (C=O) groups is 2. The summed E-state index contributed by atoms with van der Waals surface area (Å²) in [6.07, 6.45) is -2.73. The number of nitrogens with zero attached hydrogens (tertiary/aromatic N) is 1. The number of nitrogens with one attached hydrogen (secondary N) is 1. The van der Waals surface area contributed by atoms with Gasteiger partial charge in [-0.25, -0.2) is 4.39 Å². The highest BCUT2D eigenvalue weighted by Crippen LogP contribution is 2.38. The summed E-state index contributed by atoms with van der Waals surface area (Å²) in [5, 5.41) is 13.7. The molecule has 1 amide bonds. The van der Waals surface area contributed by atoms with Crippen LogP contribution >= 0.6 is 0 Å². The van der Waals surface area contributed by atoms with E-state index in [-0.39, 0.29) is 35.8 Å². The smallest absolute Gasteiger partial charge is 0.392 e. The first-order valence-electron chi connectivity index (χ1n) is 13.9. The van der Waals surface area contributed by atoms with Crippen LogP contribution in [-0.4, -0.2) is 33.3 Å². The molecule has 0 aliphatic carbocycles. The molecule has 0 saturated carbocycles. The molecule has 0 unspecified atom stereocenters. The summed E-state index contributed by atoms with van der Waals surface area (Å²) >= 11 is 0. The maximum Gasteiger partial charge on any atom is 0.392 e. The Morgan fingerprint density at radius 3 is 2.26 bits per heavy atom. The number of ether oxygens (including phenoxy) is 1. The average Bonchev–Trinajstić information content (AvgIpc) is 3.23. The lowest BCUT2D eigenvalue weighted by Crippen LogP contribution is -2.34. The molecular weight excluding hydrogens is 564 g/mol. The van der Waals surface area contributed by atoms with Crippen LogP contribution in [-0.2, 0) is 27.3 Å². The molecule has 0 fully saturated rings. The Labute approximate surface area is 247 Å². The van der Waals surface area contributed by atoms with Crippen molar-refractivity contribution in [3.05, 3.63) is 95.4 Å². The number of amides is 1. The van der Waals surface area contributed by atoms with Gasteiger partial charge >= 0.3 is 12.1 Å². The van der Waals surface area contributed by atoms with Crippen LogP contribution in [0.2, 0.25) is 0 Å². The van der Waals surface area contributed by atoms with E-state index in [1.54, 1.807) is 63.2 Å². The molecule has 1 heterocycles. The van der Waals surface area contributed by atoms with Gasteiger partial charge in [0.15, 0.2) is 5.88 Å². The largest absolute Gasteiger partial charge is 0.494 e. The van der Waals surface area contributed by atoms with Gasteiger partial charge in [-0.05, 0) is 68.1 Å². The van der Waals surface area contributed by atoms with Gasteiger partial charge in [-0.2, -0.15) is 13.2 Å². The van der Waals surface area contributed by atoms with E-state index in [2.05, 4.69) is 5.32 Å². The lowest BCUT2D eigenvalue weighted by Gasteiger charge is -2.26. The molecule has 6 nitrogen and oxygen atoms in total. The maximum atomic E-state index is 14.1. The predicted octanol–water partition coefficient (Wildman–Crippen LogP) is 7.73. The number of hydrogen-bond acceptors (Lipinski definition) is 4. The van der Waals surface area contributed by atoms with Gasteiger partial charge in [0, 0.05) is 29.1 Å². The predicted molar refractivity (Wildman–Crippen MR) is 156 cm³/mol. The molecule has 10 heteroatoms. The maximum absolute atomic E-state index is 14.1. The van der Waals surface area contributed by atoms with Gasteiger partial charge in [0.25, 0.3) is 0 Å². The van der Waals surface area contributed by atoms with Gasteiger partial charge in [-0.15, -0.1) is 0 Å². The van der Waals surface area contributed by atoms with Crippen molar-refractivity contribution < 1.29 is 37.0 Å². The van der Waals surface area contributed by atoms with Crippen LogP contribution in [0.4, 0.5) is 23.2 Å². The SMILES string of the molecule is C[C@H]([C@H](C(=O)Nc1cccc(CCC(=O)OC(C)(C)C)c1)c1ccc(Cn2cc3c(F)cccc3c2O)cc1)C(F)(F)F. The lowest BCUT2D eigenvalue weighted by molar-refractivity contribution is -0.178. The Kier molecular flexibility index (Phi) is 9.18. The molecule has 0 aliphatic rings. The summed E-state index contributed by atoms with van der Waals surface area (Å²) in [7, 11) is 0. The number of rotatable bonds is 9. The fourth-order valence-corrected chi connectivity index (χ4v) is 4.90. The number of benzene rings is 3. The second kappa shape index (κ2) is 12.5. The van der Waals surface area contributed by atoms with Crippen LogP contribution in [0.1, 0.15) is 56.7 Å². The molecule has 0 radical (unpaired) electrons. The van der Waals surface area contributed by atoms with Crippen LogP contribution in [0, 0.1) is 11.7 Å². The van der Waals surface area contributed by atoms with E-state index in [9.17, 15) is 32.3 Å². The van der Waals surface area contributed by atoms with Crippen molar-refractivity contribution in [2.75, 3.05) is 5.32 Å². The van der Waals surface area contributed by atoms with Crippen molar-refractivity contribution in [1.29, 1.82) is 0 Å². The molecular formula is C33H34F4N2O4. The molecule has 0 aliphatic heterocycles. The topological polar surface area (TPSA) is 80.6 Å². The molecule has 2 atom stereocenters. The number of aryl methyl sites for hydroxylation is 1. The third kappa shape index (κ3) is 7.94. The standard InChI is InChI=1S/C33H34F4N2O4/c1-20(33(35,36)37)29(30(41)38-24-8-5-7-21(17-24)13-16-28(40)43-32(2,3)4)23-14-11-22(12-15-23)18-39-19-26-25(31(39)42)9-6-10-27(26)34/h5-12,14-15,17,19-20,29,42H,13,16,18H2,1-4H3,(H,38,41)/t20-,29+/m1/s1. The van der Waals surface area contributed by atoms with Gasteiger partial charge < -0.3 is 19.7 Å². The van der Waals surface area contributed by atoms with E-state index in [1.807, 2.05) is 0 Å². The first kappa shape index (κ1) is 31.6. The molecule has 2 N–H and O–H groups in total. The van der Waals surface area contributed by atoms with Crippen LogP contribution in [0.25, 0.3) is 10.8 Å². The average molecular weight is 599 g/mol. The van der Waals surface area contributed by atoms with E-state index >= 15 is 0 Å². The minimum Gasteiger partial charge on any atom is -0.494 e. The molecule has 0 saturated heterocycles. The molecule has 1 aromatic heterocycles. The summed E-state index contributed by atoms with van der Waals surface area (Å²) in [6, 6.07) is 17.1. The number of hydrogen-bond donors (Lipinski definition) is 2. The van der Waals surface area contributed by atoms with Gasteiger partial charge in [0.05, 0.1) is 18.4 Å². The Morgan fingerprint density at radius 2 is 1.63 bits per heavy atom. The Balaban J connectivity index is 1.51. The van der Waals surface area contributed by atoms with Crippen molar-refractivity contribution >= 4 is 28.3 Å². The molecule has 43 heavy (non-hydrogen) atoms. The first-order valence-corrected chi connectivity index (χ1v) is 13.9. The zero-order valence-corrected chi connectivity index (χ0v) is 24.3. The van der Waals surface area contributed by atoms with Crippen molar-refractivity contribution in [1.82, 2.24) is 4.57 Å². The lowest BCUT2D eigenvalue weighted by atomic mass is 9.85. The van der Waals surface area contributed by atoms with E-state index in [0.717, 1.165) is 6.92 Å². The molecule has 3 aromatic carbocycles. The Bertz CT molecular complexity index is 1600. The Hall–Kier alpha value is -4.34. The van der Waals surface area contributed by atoms with Gasteiger partial charge in [0.1, 0.15) is 11.4 Å². The summed E-state index contributed by atoms with van der Waals surface area (Å²) in [5.41, 5.74) is 1.21. The van der Waals surface area contributed by atoms with Crippen molar-refractivity contribution in [2.45, 2.75) is 64.8 Å². The highest BCUT2D eigenvalue weighted by molar-refractivity contribution is 5.96. The first-order chi connectivity index (χ1) is 20.1. The summed E-state index contributed by atoms with van der Waals surface area (Å²) in [6.45, 7) is 6.41. The number of alkyl halides is 3. The van der Waals surface area contributed by atoms with E-state index in [4.69, 9.17) is 4.74 Å². The van der Waals surface area contributed by atoms with Crippen molar-refractivity contribution in [2.24, 2.45) is 5.92 Å². The molecule has 228 valence electrons. The monoisotopic (exact) mass is 598 g/mol. The molecule has 0 spiro atoms. The molecule has 0 bridgehead atoms. The van der Waals surface area contributed by atoms with Crippen molar-refractivity contribution in [3.8, 4) is 5.88 Å². The highest BCUT2D eigenvalue weighted by Gasteiger charge is 2.45. The number of aromatic hydroxyl groups is 1. The number of aromatic nitrogens is 1. The normalized spacial score (nSPS) is 13.5. The summed E-state index contributed by atoms with van der Waals surface area (Å²) in [4.78, 5) is 25.4. The third-order valence-corrected chi connectivity index (χ3v) is 7.07. The quantitative estimate of drug-likeness (QED) is 0.153. The number of halogens is 4. The third-order valence-electron chi connectivity index (χ3n) is 7.07. The number of carbonyl (C=O) groups excluding carboxylic acids is 2. The Morgan fingerprint density at radius 1 is 0.953 bits per heavy atom. The van der Waals surface area contributed by atoms with Gasteiger partial charge in [0.2, 0.25) is 5.91 Å². The second-order valence-electron chi connectivity index (χ2n) is 11.6. The zero-order valence-electron chi connectivity index (χ0n) is 24.3. The second-order valence-corrected chi connectivity index (χ2v) is 11.6. The fourth-order valence-electron chi connectivity index (χ4n) is 4.90. The highest BCUT2D eigenvalue weighted by atomic mass is 19.4. The number of esters is 1. The molecule has 4 rings (SSSR count). The van der Waals surface area contributed by atoms with E-state index in [1.165, 1.54) is 35.0 Å². The van der Waals surface area contributed by atoms with Crippen LogP contribution in [0.15, 0.2) is 72.9 Å². The van der Waals surface area contributed by atoms with Crippen LogP contribution in [0.3, 0.4) is 0 Å². The fraction of sp³-hybridized carbons (Fsp3) is 0.333. The minimum atomic E-state index is -4.64. The number of fused-ring (bicyclic) bond motifs is 1. The van der Waals surface area contributed by atoms with E-state index < -0.39 is 35.3 Å². The van der Waals surface area contributed by atoms with Crippen LogP contribution in [0.5, 0.6) is 5.88 Å². The number of anilines is 1. The van der Waals surface area contributed by atoms with Gasteiger partial charge in [-0.3, -0.25) is 9.59 Å².